The number of hydrogen-bond donors (Lipinski definition) is 2. The summed E-state index contributed by atoms with van der Waals surface area (Å²) in [5, 5.41) is 9.88. The summed E-state index contributed by atoms with van der Waals surface area (Å²) in [6.45, 7) is 1.68. The zero-order valence-corrected chi connectivity index (χ0v) is 10.0. The molecule has 17 heavy (non-hydrogen) atoms. The van der Waals surface area contributed by atoms with Crippen molar-refractivity contribution in [1.82, 2.24) is 6.15 Å². The third-order valence-corrected chi connectivity index (χ3v) is 2.55. The van der Waals surface area contributed by atoms with Crippen LogP contribution in [0, 0.1) is 0 Å². The van der Waals surface area contributed by atoms with Gasteiger partial charge < -0.3 is 25.5 Å². The second-order valence-corrected chi connectivity index (χ2v) is 3.70. The topological polar surface area (TPSA) is 82.9 Å². The zero-order chi connectivity index (χ0) is 11.4. The Morgan fingerprint density at radius 1 is 1.29 bits per heavy atom. The van der Waals surface area contributed by atoms with Gasteiger partial charge in [0, 0.05) is 20.1 Å². The van der Waals surface area contributed by atoms with Gasteiger partial charge in [-0.05, 0) is 17.7 Å². The minimum atomic E-state index is -0.518. The predicted octanol–water partition coefficient (Wildman–Crippen LogP) is 1.69. The van der Waals surface area contributed by atoms with Crippen LogP contribution in [0.25, 0.3) is 0 Å². The number of aliphatic hydroxyl groups is 1. The van der Waals surface area contributed by atoms with Gasteiger partial charge in [-0.2, -0.15) is 0 Å². The number of fused-ring (bicyclic) bond motifs is 1. The van der Waals surface area contributed by atoms with E-state index < -0.39 is 6.10 Å². The van der Waals surface area contributed by atoms with Crippen molar-refractivity contribution < 1.29 is 19.3 Å². The molecule has 0 aromatic heterocycles. The number of methoxy groups -OCH3 is 1. The van der Waals surface area contributed by atoms with E-state index in [4.69, 9.17) is 14.2 Å². The van der Waals surface area contributed by atoms with Gasteiger partial charge in [-0.25, -0.2) is 0 Å². The summed E-state index contributed by atoms with van der Waals surface area (Å²) in [7, 11) is 1.62. The molecule has 0 bridgehead atoms. The lowest BCUT2D eigenvalue weighted by Gasteiger charge is -2.20. The lowest BCUT2D eigenvalue weighted by molar-refractivity contribution is 0.109. The molecular formula is C12H19NO4. The summed E-state index contributed by atoms with van der Waals surface area (Å²) in [6, 6.07) is 5.52. The number of aliphatic hydroxyl groups excluding tert-OH is 1. The van der Waals surface area contributed by atoms with Crippen LogP contribution in [0.2, 0.25) is 0 Å². The second kappa shape index (κ2) is 6.44. The molecular weight excluding hydrogens is 222 g/mol. The first kappa shape index (κ1) is 13.8. The average molecular weight is 241 g/mol. The molecule has 2 rings (SSSR count). The molecule has 0 fully saturated rings. The first-order valence-corrected chi connectivity index (χ1v) is 5.38. The van der Waals surface area contributed by atoms with Crippen LogP contribution < -0.4 is 15.6 Å². The van der Waals surface area contributed by atoms with Gasteiger partial charge in [0.05, 0.1) is 6.10 Å². The Hall–Kier alpha value is -1.30. The smallest absolute Gasteiger partial charge is 0.161 e. The normalized spacial score (nSPS) is 14.9. The van der Waals surface area contributed by atoms with Crippen LogP contribution >= 0.6 is 0 Å². The van der Waals surface area contributed by atoms with Crippen molar-refractivity contribution in [3.05, 3.63) is 23.8 Å². The van der Waals surface area contributed by atoms with Crippen LogP contribution in [-0.2, 0) is 4.74 Å². The highest BCUT2D eigenvalue weighted by atomic mass is 16.6. The standard InChI is InChI=1S/C12H16O4.H3N/c1-14-5-4-10(13)9-2-3-11-12(8-9)16-7-6-15-11;/h2-3,8,10,13H,4-7H2,1H3;1H3. The molecule has 1 aliphatic rings. The maximum atomic E-state index is 9.88. The van der Waals surface area contributed by atoms with Crippen LogP contribution in [-0.4, -0.2) is 32.0 Å². The Balaban J connectivity index is 0.00000144. The molecule has 0 aliphatic carbocycles. The third-order valence-electron chi connectivity index (χ3n) is 2.55. The summed E-state index contributed by atoms with van der Waals surface area (Å²) in [6.07, 6.45) is 0.0617. The summed E-state index contributed by atoms with van der Waals surface area (Å²) in [5.74, 6) is 1.45. The summed E-state index contributed by atoms with van der Waals surface area (Å²) < 4.78 is 15.8. The quantitative estimate of drug-likeness (QED) is 0.838. The Labute approximate surface area is 101 Å². The number of benzene rings is 1. The Kier molecular flexibility index (Phi) is 5.21. The van der Waals surface area contributed by atoms with E-state index in [1.54, 1.807) is 7.11 Å². The highest BCUT2D eigenvalue weighted by Gasteiger charge is 2.15. The molecule has 1 aliphatic heterocycles. The lowest BCUT2D eigenvalue weighted by Crippen LogP contribution is -2.15. The van der Waals surface area contributed by atoms with E-state index in [0.29, 0.717) is 32.0 Å². The molecule has 0 amide bonds. The van der Waals surface area contributed by atoms with Crippen LogP contribution in [0.1, 0.15) is 18.1 Å². The minimum Gasteiger partial charge on any atom is -0.486 e. The van der Waals surface area contributed by atoms with E-state index in [1.807, 2.05) is 18.2 Å². The fourth-order valence-corrected chi connectivity index (χ4v) is 1.66. The van der Waals surface area contributed by atoms with Crippen molar-refractivity contribution in [2.75, 3.05) is 26.9 Å². The van der Waals surface area contributed by atoms with Gasteiger partial charge in [0.15, 0.2) is 11.5 Å². The summed E-state index contributed by atoms with van der Waals surface area (Å²) in [5.41, 5.74) is 0.835. The van der Waals surface area contributed by atoms with E-state index in [0.717, 1.165) is 11.3 Å². The minimum absolute atomic E-state index is 0. The highest BCUT2D eigenvalue weighted by molar-refractivity contribution is 5.44. The molecule has 96 valence electrons. The molecule has 1 aromatic carbocycles. The van der Waals surface area contributed by atoms with E-state index in [9.17, 15) is 5.11 Å². The largest absolute Gasteiger partial charge is 0.486 e. The molecule has 0 saturated heterocycles. The molecule has 1 unspecified atom stereocenters. The SMILES string of the molecule is COCCC(O)c1ccc2c(c1)OCCO2.N. The fraction of sp³-hybridized carbons (Fsp3) is 0.500. The first-order valence-electron chi connectivity index (χ1n) is 5.38. The molecule has 4 N–H and O–H groups in total. The van der Waals surface area contributed by atoms with Crippen LogP contribution in [0.15, 0.2) is 18.2 Å². The van der Waals surface area contributed by atoms with Crippen molar-refractivity contribution in [2.45, 2.75) is 12.5 Å². The van der Waals surface area contributed by atoms with E-state index in [-0.39, 0.29) is 6.15 Å². The summed E-state index contributed by atoms with van der Waals surface area (Å²) >= 11 is 0. The maximum Gasteiger partial charge on any atom is 0.161 e. The number of ether oxygens (including phenoxy) is 3. The average Bonchev–Trinajstić information content (AvgIpc) is 2.35. The van der Waals surface area contributed by atoms with Gasteiger partial charge in [0.25, 0.3) is 0 Å². The predicted molar refractivity (Wildman–Crippen MR) is 63.9 cm³/mol. The van der Waals surface area contributed by atoms with Gasteiger partial charge in [-0.3, -0.25) is 0 Å². The van der Waals surface area contributed by atoms with Crippen molar-refractivity contribution in [2.24, 2.45) is 0 Å². The van der Waals surface area contributed by atoms with E-state index in [2.05, 4.69) is 0 Å². The second-order valence-electron chi connectivity index (χ2n) is 3.70. The van der Waals surface area contributed by atoms with Crippen LogP contribution in [0.4, 0.5) is 0 Å². The molecule has 0 radical (unpaired) electrons. The number of rotatable bonds is 4. The first-order chi connectivity index (χ1) is 7.81. The van der Waals surface area contributed by atoms with Crippen molar-refractivity contribution >= 4 is 0 Å². The Morgan fingerprint density at radius 3 is 2.71 bits per heavy atom. The molecule has 0 spiro atoms. The van der Waals surface area contributed by atoms with E-state index in [1.165, 1.54) is 0 Å². The van der Waals surface area contributed by atoms with Crippen molar-refractivity contribution in [1.29, 1.82) is 0 Å². The van der Waals surface area contributed by atoms with Gasteiger partial charge in [0.2, 0.25) is 0 Å². The maximum absolute atomic E-state index is 9.88. The van der Waals surface area contributed by atoms with Crippen LogP contribution in [0.5, 0.6) is 11.5 Å². The Morgan fingerprint density at radius 2 is 2.00 bits per heavy atom. The highest BCUT2D eigenvalue weighted by Crippen LogP contribution is 2.33. The van der Waals surface area contributed by atoms with Gasteiger partial charge >= 0.3 is 0 Å². The van der Waals surface area contributed by atoms with Gasteiger partial charge in [0.1, 0.15) is 13.2 Å². The third kappa shape index (κ3) is 3.33. The number of hydrogen-bond acceptors (Lipinski definition) is 5. The molecule has 1 aromatic rings. The molecule has 0 saturated carbocycles. The van der Waals surface area contributed by atoms with Gasteiger partial charge in [-0.15, -0.1) is 0 Å². The van der Waals surface area contributed by atoms with Gasteiger partial charge in [-0.1, -0.05) is 6.07 Å². The summed E-state index contributed by atoms with van der Waals surface area (Å²) in [4.78, 5) is 0. The lowest BCUT2D eigenvalue weighted by atomic mass is 10.1. The zero-order valence-electron chi connectivity index (χ0n) is 10.0. The molecule has 1 atom stereocenters. The monoisotopic (exact) mass is 241 g/mol. The Bertz CT molecular complexity index is 356. The van der Waals surface area contributed by atoms with E-state index >= 15 is 0 Å². The van der Waals surface area contributed by atoms with Crippen molar-refractivity contribution in [3.63, 3.8) is 0 Å². The molecule has 5 heteroatoms. The molecule has 1 heterocycles. The molecule has 5 nitrogen and oxygen atoms in total. The van der Waals surface area contributed by atoms with Crippen molar-refractivity contribution in [3.8, 4) is 11.5 Å². The van der Waals surface area contributed by atoms with Crippen LogP contribution in [0.3, 0.4) is 0 Å². The fourth-order valence-electron chi connectivity index (χ4n) is 1.66.